The second kappa shape index (κ2) is 6.79. The molecule has 20 heavy (non-hydrogen) atoms. The number of rotatable bonds is 5. The molecule has 1 heterocycles. The van der Waals surface area contributed by atoms with Gasteiger partial charge in [0.15, 0.2) is 0 Å². The highest BCUT2D eigenvalue weighted by Gasteiger charge is 2.26. The highest BCUT2D eigenvalue weighted by molar-refractivity contribution is 6.30. The van der Waals surface area contributed by atoms with Crippen molar-refractivity contribution in [3.8, 4) is 5.75 Å². The van der Waals surface area contributed by atoms with Crippen LogP contribution in [0.5, 0.6) is 5.75 Å². The van der Waals surface area contributed by atoms with Gasteiger partial charge in [0.25, 0.3) is 0 Å². The van der Waals surface area contributed by atoms with Gasteiger partial charge in [-0.15, -0.1) is 0 Å². The Labute approximate surface area is 127 Å². The molecule has 1 aromatic carbocycles. The zero-order valence-electron chi connectivity index (χ0n) is 12.6. The SMILES string of the molecule is CCN1CCCC1CN(C)C(C)c1cc(Cl)ccc1O. The van der Waals surface area contributed by atoms with Gasteiger partial charge in [-0.3, -0.25) is 9.80 Å². The third kappa shape index (κ3) is 3.46. The molecule has 2 unspecified atom stereocenters. The van der Waals surface area contributed by atoms with Crippen LogP contribution < -0.4 is 0 Å². The van der Waals surface area contributed by atoms with Crippen LogP contribution in [0.15, 0.2) is 18.2 Å². The maximum atomic E-state index is 10.0. The number of likely N-dealkylation sites (tertiary alicyclic amines) is 1. The van der Waals surface area contributed by atoms with Crippen LogP contribution in [0.3, 0.4) is 0 Å². The van der Waals surface area contributed by atoms with Crippen LogP contribution in [-0.4, -0.2) is 47.6 Å². The van der Waals surface area contributed by atoms with Crippen molar-refractivity contribution < 1.29 is 5.11 Å². The minimum Gasteiger partial charge on any atom is -0.508 e. The number of likely N-dealkylation sites (N-methyl/N-ethyl adjacent to an activating group) is 2. The maximum absolute atomic E-state index is 10.0. The zero-order chi connectivity index (χ0) is 14.7. The number of benzene rings is 1. The van der Waals surface area contributed by atoms with Crippen LogP contribution in [0.4, 0.5) is 0 Å². The van der Waals surface area contributed by atoms with E-state index in [0.29, 0.717) is 16.8 Å². The van der Waals surface area contributed by atoms with E-state index in [1.165, 1.54) is 19.4 Å². The van der Waals surface area contributed by atoms with Crippen molar-refractivity contribution in [3.05, 3.63) is 28.8 Å². The summed E-state index contributed by atoms with van der Waals surface area (Å²) in [5, 5.41) is 10.7. The van der Waals surface area contributed by atoms with Crippen molar-refractivity contribution in [1.82, 2.24) is 9.80 Å². The molecule has 0 bridgehead atoms. The van der Waals surface area contributed by atoms with Crippen LogP contribution >= 0.6 is 11.6 Å². The van der Waals surface area contributed by atoms with Crippen molar-refractivity contribution in [2.75, 3.05) is 26.7 Å². The third-order valence-electron chi connectivity index (χ3n) is 4.50. The summed E-state index contributed by atoms with van der Waals surface area (Å²) >= 11 is 6.04. The minimum absolute atomic E-state index is 0.160. The molecule has 1 aliphatic rings. The second-order valence-electron chi connectivity index (χ2n) is 5.74. The summed E-state index contributed by atoms with van der Waals surface area (Å²) in [4.78, 5) is 4.85. The summed E-state index contributed by atoms with van der Waals surface area (Å²) in [7, 11) is 2.12. The van der Waals surface area contributed by atoms with Crippen LogP contribution in [0.1, 0.15) is 38.3 Å². The molecule has 4 heteroatoms. The van der Waals surface area contributed by atoms with E-state index in [2.05, 4.69) is 30.7 Å². The first kappa shape index (κ1) is 15.6. The Morgan fingerprint density at radius 1 is 1.50 bits per heavy atom. The number of hydrogen-bond donors (Lipinski definition) is 1. The fourth-order valence-corrected chi connectivity index (χ4v) is 3.29. The topological polar surface area (TPSA) is 26.7 Å². The first-order valence-corrected chi connectivity index (χ1v) is 7.83. The number of aromatic hydroxyl groups is 1. The van der Waals surface area contributed by atoms with Crippen molar-refractivity contribution in [2.24, 2.45) is 0 Å². The quantitative estimate of drug-likeness (QED) is 0.900. The van der Waals surface area contributed by atoms with Gasteiger partial charge >= 0.3 is 0 Å². The number of phenolic OH excluding ortho intramolecular Hbond substituents is 1. The predicted molar refractivity (Wildman–Crippen MR) is 84.4 cm³/mol. The average molecular weight is 297 g/mol. The van der Waals surface area contributed by atoms with Crippen molar-refractivity contribution in [3.63, 3.8) is 0 Å². The zero-order valence-corrected chi connectivity index (χ0v) is 13.4. The highest BCUT2D eigenvalue weighted by Crippen LogP contribution is 2.31. The maximum Gasteiger partial charge on any atom is 0.120 e. The second-order valence-corrected chi connectivity index (χ2v) is 6.18. The minimum atomic E-state index is 0.160. The Balaban J connectivity index is 2.04. The van der Waals surface area contributed by atoms with Crippen molar-refractivity contribution in [2.45, 2.75) is 38.8 Å². The van der Waals surface area contributed by atoms with Gasteiger partial charge in [-0.1, -0.05) is 18.5 Å². The van der Waals surface area contributed by atoms with Crippen LogP contribution in [0, 0.1) is 0 Å². The molecule has 0 aliphatic carbocycles. The Morgan fingerprint density at radius 3 is 2.95 bits per heavy atom. The van der Waals surface area contributed by atoms with E-state index in [-0.39, 0.29) is 6.04 Å². The fraction of sp³-hybridized carbons (Fsp3) is 0.625. The van der Waals surface area contributed by atoms with E-state index < -0.39 is 0 Å². The van der Waals surface area contributed by atoms with Gasteiger partial charge in [-0.25, -0.2) is 0 Å². The summed E-state index contributed by atoms with van der Waals surface area (Å²) in [6.45, 7) is 7.71. The van der Waals surface area contributed by atoms with Crippen LogP contribution in [-0.2, 0) is 0 Å². The summed E-state index contributed by atoms with van der Waals surface area (Å²) < 4.78 is 0. The molecule has 0 saturated carbocycles. The summed E-state index contributed by atoms with van der Waals surface area (Å²) in [6, 6.07) is 6.06. The number of phenols is 1. The van der Waals surface area contributed by atoms with Crippen LogP contribution in [0.2, 0.25) is 5.02 Å². The van der Waals surface area contributed by atoms with Crippen LogP contribution in [0.25, 0.3) is 0 Å². The van der Waals surface area contributed by atoms with E-state index in [9.17, 15) is 5.11 Å². The lowest BCUT2D eigenvalue weighted by atomic mass is 10.1. The number of halogens is 1. The van der Waals surface area contributed by atoms with Crippen molar-refractivity contribution in [1.29, 1.82) is 0 Å². The van der Waals surface area contributed by atoms with Gasteiger partial charge in [0.2, 0.25) is 0 Å². The molecule has 2 rings (SSSR count). The molecule has 0 aromatic heterocycles. The predicted octanol–water partition coefficient (Wildman–Crippen LogP) is 3.52. The smallest absolute Gasteiger partial charge is 0.120 e. The molecule has 112 valence electrons. The molecular weight excluding hydrogens is 272 g/mol. The Kier molecular flexibility index (Phi) is 5.30. The summed E-state index contributed by atoms with van der Waals surface area (Å²) in [5.74, 6) is 0.326. The Bertz CT molecular complexity index is 452. The lowest BCUT2D eigenvalue weighted by molar-refractivity contribution is 0.169. The van der Waals surface area contributed by atoms with E-state index in [1.807, 2.05) is 6.07 Å². The highest BCUT2D eigenvalue weighted by atomic mass is 35.5. The van der Waals surface area contributed by atoms with Gasteiger partial charge in [-0.2, -0.15) is 0 Å². The fourth-order valence-electron chi connectivity index (χ4n) is 3.11. The average Bonchev–Trinajstić information content (AvgIpc) is 2.87. The molecule has 1 N–H and O–H groups in total. The molecule has 1 saturated heterocycles. The molecular formula is C16H25ClN2O. The van der Waals surface area contributed by atoms with Gasteiger partial charge in [0.1, 0.15) is 5.75 Å². The molecule has 1 aromatic rings. The lowest BCUT2D eigenvalue weighted by Gasteiger charge is -2.32. The molecule has 1 aliphatic heterocycles. The first-order chi connectivity index (χ1) is 9.52. The molecule has 0 radical (unpaired) electrons. The summed E-state index contributed by atoms with van der Waals surface area (Å²) in [5.41, 5.74) is 0.904. The Hall–Kier alpha value is -0.770. The normalized spacial score (nSPS) is 21.6. The monoisotopic (exact) mass is 296 g/mol. The summed E-state index contributed by atoms with van der Waals surface area (Å²) in [6.07, 6.45) is 2.57. The van der Waals surface area contributed by atoms with Gasteiger partial charge < -0.3 is 5.11 Å². The first-order valence-electron chi connectivity index (χ1n) is 7.45. The molecule has 2 atom stereocenters. The number of nitrogens with zero attached hydrogens (tertiary/aromatic N) is 2. The molecule has 0 amide bonds. The van der Waals surface area contributed by atoms with Gasteiger partial charge in [0, 0.05) is 29.2 Å². The lowest BCUT2D eigenvalue weighted by Crippen LogP contribution is -2.39. The molecule has 1 fully saturated rings. The van der Waals surface area contributed by atoms with E-state index in [1.54, 1.807) is 12.1 Å². The van der Waals surface area contributed by atoms with Crippen molar-refractivity contribution >= 4 is 11.6 Å². The molecule has 0 spiro atoms. The van der Waals surface area contributed by atoms with Gasteiger partial charge in [0.05, 0.1) is 0 Å². The van der Waals surface area contributed by atoms with Gasteiger partial charge in [-0.05, 0) is 58.1 Å². The van der Waals surface area contributed by atoms with E-state index in [4.69, 9.17) is 11.6 Å². The number of hydrogen-bond acceptors (Lipinski definition) is 3. The van der Waals surface area contributed by atoms with E-state index in [0.717, 1.165) is 18.7 Å². The Morgan fingerprint density at radius 2 is 2.25 bits per heavy atom. The van der Waals surface area contributed by atoms with E-state index >= 15 is 0 Å². The largest absolute Gasteiger partial charge is 0.508 e. The molecule has 3 nitrogen and oxygen atoms in total. The third-order valence-corrected chi connectivity index (χ3v) is 4.74. The standard InChI is InChI=1S/C16H25ClN2O/c1-4-19-9-5-6-14(19)11-18(3)12(2)15-10-13(17)7-8-16(15)20/h7-8,10,12,14,20H,4-6,9,11H2,1-3H3.